The molecular formula is C13H15NO3. The lowest BCUT2D eigenvalue weighted by molar-refractivity contribution is -0.140. The second-order valence-electron chi connectivity index (χ2n) is 3.96. The molecule has 1 aliphatic carbocycles. The first-order chi connectivity index (χ1) is 8.22. The first-order valence-corrected chi connectivity index (χ1v) is 5.63. The van der Waals surface area contributed by atoms with Crippen LogP contribution in [0.2, 0.25) is 0 Å². The van der Waals surface area contributed by atoms with Crippen molar-refractivity contribution in [2.75, 3.05) is 7.11 Å². The first kappa shape index (κ1) is 11.6. The number of carbonyl (C=O) groups is 1. The molecule has 0 saturated carbocycles. The molecule has 1 aliphatic rings. The van der Waals surface area contributed by atoms with E-state index in [0.717, 1.165) is 41.9 Å². The molecule has 4 heteroatoms. The standard InChI is InChI=1S/C13H15NO3/c1-9(15)17-14-12-7-3-6-11-10(12)5-4-8-13(11)16-2/h4-5,8H,3,6-7H2,1-2H3/b14-12+. The maximum atomic E-state index is 10.8. The second kappa shape index (κ2) is 4.99. The van der Waals surface area contributed by atoms with Crippen LogP contribution in [-0.4, -0.2) is 18.8 Å². The molecule has 0 atom stereocenters. The average molecular weight is 233 g/mol. The Bertz CT molecular complexity index is 466. The third-order valence-electron chi connectivity index (χ3n) is 2.79. The van der Waals surface area contributed by atoms with E-state index in [1.165, 1.54) is 6.92 Å². The Morgan fingerprint density at radius 3 is 2.88 bits per heavy atom. The van der Waals surface area contributed by atoms with Gasteiger partial charge in [0.15, 0.2) is 0 Å². The summed E-state index contributed by atoms with van der Waals surface area (Å²) in [6.45, 7) is 1.35. The van der Waals surface area contributed by atoms with Crippen molar-refractivity contribution in [3.8, 4) is 5.75 Å². The van der Waals surface area contributed by atoms with E-state index < -0.39 is 5.97 Å². The summed E-state index contributed by atoms with van der Waals surface area (Å²) < 4.78 is 5.32. The number of hydrogen-bond donors (Lipinski definition) is 0. The zero-order valence-corrected chi connectivity index (χ0v) is 10.0. The van der Waals surface area contributed by atoms with E-state index in [9.17, 15) is 4.79 Å². The molecule has 2 rings (SSSR count). The van der Waals surface area contributed by atoms with E-state index in [1.807, 2.05) is 18.2 Å². The lowest BCUT2D eigenvalue weighted by Crippen LogP contribution is -2.14. The van der Waals surface area contributed by atoms with Gasteiger partial charge in [-0.3, -0.25) is 0 Å². The smallest absolute Gasteiger partial charge is 0.331 e. The molecule has 0 bridgehead atoms. The van der Waals surface area contributed by atoms with Crippen LogP contribution in [0.3, 0.4) is 0 Å². The highest BCUT2D eigenvalue weighted by atomic mass is 16.7. The normalized spacial score (nSPS) is 16.5. The number of methoxy groups -OCH3 is 1. The van der Waals surface area contributed by atoms with Gasteiger partial charge in [-0.2, -0.15) is 0 Å². The Labute approximate surface area is 100 Å². The third kappa shape index (κ3) is 2.46. The van der Waals surface area contributed by atoms with Crippen LogP contribution < -0.4 is 4.74 Å². The quantitative estimate of drug-likeness (QED) is 0.581. The fraction of sp³-hybridized carbons (Fsp3) is 0.385. The van der Waals surface area contributed by atoms with Gasteiger partial charge in [0.05, 0.1) is 12.8 Å². The molecule has 90 valence electrons. The highest BCUT2D eigenvalue weighted by molar-refractivity contribution is 6.03. The Kier molecular flexibility index (Phi) is 3.42. The topological polar surface area (TPSA) is 47.9 Å². The highest BCUT2D eigenvalue weighted by Crippen LogP contribution is 2.29. The highest BCUT2D eigenvalue weighted by Gasteiger charge is 2.19. The molecular weight excluding hydrogens is 218 g/mol. The van der Waals surface area contributed by atoms with Crippen molar-refractivity contribution in [1.82, 2.24) is 0 Å². The minimum Gasteiger partial charge on any atom is -0.496 e. The number of benzene rings is 1. The van der Waals surface area contributed by atoms with Crippen LogP contribution in [0.25, 0.3) is 0 Å². The summed E-state index contributed by atoms with van der Waals surface area (Å²) in [5.41, 5.74) is 2.99. The van der Waals surface area contributed by atoms with E-state index in [2.05, 4.69) is 5.16 Å². The molecule has 0 aliphatic heterocycles. The Morgan fingerprint density at radius 2 is 2.18 bits per heavy atom. The molecule has 0 spiro atoms. The van der Waals surface area contributed by atoms with E-state index >= 15 is 0 Å². The summed E-state index contributed by atoms with van der Waals surface area (Å²) in [5, 5.41) is 3.91. The largest absolute Gasteiger partial charge is 0.496 e. The molecule has 1 aromatic rings. The van der Waals surface area contributed by atoms with Gasteiger partial charge in [-0.05, 0) is 25.3 Å². The maximum absolute atomic E-state index is 10.8. The van der Waals surface area contributed by atoms with Crippen LogP contribution in [0.4, 0.5) is 0 Å². The first-order valence-electron chi connectivity index (χ1n) is 5.63. The predicted octanol–water partition coefficient (Wildman–Crippen LogP) is 2.30. The third-order valence-corrected chi connectivity index (χ3v) is 2.79. The monoisotopic (exact) mass is 233 g/mol. The van der Waals surface area contributed by atoms with Gasteiger partial charge >= 0.3 is 5.97 Å². The van der Waals surface area contributed by atoms with Crippen molar-refractivity contribution in [3.63, 3.8) is 0 Å². The van der Waals surface area contributed by atoms with E-state index in [1.54, 1.807) is 7.11 Å². The van der Waals surface area contributed by atoms with Crippen molar-refractivity contribution in [3.05, 3.63) is 29.3 Å². The molecule has 0 aromatic heterocycles. The molecule has 0 radical (unpaired) electrons. The van der Waals surface area contributed by atoms with Gasteiger partial charge in [-0.25, -0.2) is 4.79 Å². The fourth-order valence-corrected chi connectivity index (χ4v) is 2.07. The van der Waals surface area contributed by atoms with E-state index in [4.69, 9.17) is 9.57 Å². The number of ether oxygens (including phenoxy) is 1. The zero-order chi connectivity index (χ0) is 12.3. The average Bonchev–Trinajstić information content (AvgIpc) is 2.35. The summed E-state index contributed by atoms with van der Waals surface area (Å²) in [5.74, 6) is 0.477. The lowest BCUT2D eigenvalue weighted by atomic mass is 9.89. The van der Waals surface area contributed by atoms with Crippen molar-refractivity contribution < 1.29 is 14.4 Å². The summed E-state index contributed by atoms with van der Waals surface area (Å²) >= 11 is 0. The zero-order valence-electron chi connectivity index (χ0n) is 10.0. The lowest BCUT2D eigenvalue weighted by Gasteiger charge is -2.19. The minimum absolute atomic E-state index is 0.396. The summed E-state index contributed by atoms with van der Waals surface area (Å²) in [7, 11) is 1.66. The second-order valence-corrected chi connectivity index (χ2v) is 3.96. The predicted molar refractivity (Wildman–Crippen MR) is 64.2 cm³/mol. The van der Waals surface area contributed by atoms with Gasteiger partial charge in [0.1, 0.15) is 5.75 Å². The van der Waals surface area contributed by atoms with Crippen molar-refractivity contribution in [2.45, 2.75) is 26.2 Å². The van der Waals surface area contributed by atoms with Gasteiger partial charge < -0.3 is 9.57 Å². The number of hydrogen-bond acceptors (Lipinski definition) is 4. The Hall–Kier alpha value is -1.84. The summed E-state index contributed by atoms with van der Waals surface area (Å²) in [6.07, 6.45) is 2.79. The summed E-state index contributed by atoms with van der Waals surface area (Å²) in [4.78, 5) is 15.5. The number of fused-ring (bicyclic) bond motifs is 1. The number of rotatable bonds is 2. The van der Waals surface area contributed by atoms with Crippen LogP contribution in [0.1, 0.15) is 30.9 Å². The van der Waals surface area contributed by atoms with E-state index in [-0.39, 0.29) is 0 Å². The molecule has 0 amide bonds. The molecule has 0 heterocycles. The van der Waals surface area contributed by atoms with Gasteiger partial charge in [0, 0.05) is 18.1 Å². The molecule has 0 unspecified atom stereocenters. The Balaban J connectivity index is 2.38. The number of nitrogens with zero attached hydrogens (tertiary/aromatic N) is 1. The minimum atomic E-state index is -0.396. The van der Waals surface area contributed by atoms with Crippen LogP contribution in [0.15, 0.2) is 23.4 Å². The van der Waals surface area contributed by atoms with Crippen LogP contribution >= 0.6 is 0 Å². The maximum Gasteiger partial charge on any atom is 0.331 e. The fourth-order valence-electron chi connectivity index (χ4n) is 2.07. The van der Waals surface area contributed by atoms with Crippen molar-refractivity contribution >= 4 is 11.7 Å². The van der Waals surface area contributed by atoms with Crippen LogP contribution in [0, 0.1) is 0 Å². The van der Waals surface area contributed by atoms with Gasteiger partial charge in [0.25, 0.3) is 0 Å². The van der Waals surface area contributed by atoms with Gasteiger partial charge in [-0.15, -0.1) is 0 Å². The van der Waals surface area contributed by atoms with E-state index in [0.29, 0.717) is 0 Å². The molecule has 1 aromatic carbocycles. The molecule has 0 saturated heterocycles. The van der Waals surface area contributed by atoms with Crippen LogP contribution in [0.5, 0.6) is 5.75 Å². The van der Waals surface area contributed by atoms with Crippen molar-refractivity contribution in [1.29, 1.82) is 0 Å². The van der Waals surface area contributed by atoms with Crippen molar-refractivity contribution in [2.24, 2.45) is 5.16 Å². The number of carbonyl (C=O) groups excluding carboxylic acids is 1. The summed E-state index contributed by atoms with van der Waals surface area (Å²) in [6, 6.07) is 5.85. The van der Waals surface area contributed by atoms with Gasteiger partial charge in [-0.1, -0.05) is 17.3 Å². The molecule has 0 fully saturated rings. The molecule has 17 heavy (non-hydrogen) atoms. The van der Waals surface area contributed by atoms with Gasteiger partial charge in [0.2, 0.25) is 0 Å². The number of oxime groups is 1. The Morgan fingerprint density at radius 1 is 1.35 bits per heavy atom. The molecule has 0 N–H and O–H groups in total. The van der Waals surface area contributed by atoms with Crippen LogP contribution in [-0.2, 0) is 16.1 Å². The molecule has 4 nitrogen and oxygen atoms in total. The SMILES string of the molecule is COc1cccc2c1CCC/C2=N\OC(C)=O.